The lowest BCUT2D eigenvalue weighted by atomic mass is 10.5. The molecule has 0 saturated heterocycles. The van der Waals surface area contributed by atoms with Gasteiger partial charge in [0.15, 0.2) is 0 Å². The molecular weight excluding hydrogens is 162 g/mol. The summed E-state index contributed by atoms with van der Waals surface area (Å²) < 4.78 is 0. The Morgan fingerprint density at radius 2 is 2.36 bits per heavy atom. The van der Waals surface area contributed by atoms with E-state index in [0.29, 0.717) is 0 Å². The van der Waals surface area contributed by atoms with Crippen LogP contribution in [0.3, 0.4) is 0 Å². The number of carbonyl (C=O) groups is 1. The molecular formula is C6H4N3OS-. The number of rotatable bonds is 1. The summed E-state index contributed by atoms with van der Waals surface area (Å²) in [5.74, 6) is 1.18. The van der Waals surface area contributed by atoms with E-state index in [1.54, 1.807) is 5.87 Å². The maximum absolute atomic E-state index is 10.4. The lowest BCUT2D eigenvalue weighted by Crippen LogP contribution is -2.27. The first kappa shape index (κ1) is 9.50. The Kier molecular flexibility index (Phi) is 3.75. The molecule has 1 amide bonds. The van der Waals surface area contributed by atoms with E-state index < -0.39 is 0 Å². The fraction of sp³-hybridized carbons (Fsp3) is 0.167. The molecule has 0 saturated carbocycles. The first-order chi connectivity index (χ1) is 5.11. The molecule has 0 rings (SSSR count). The van der Waals surface area contributed by atoms with E-state index in [0.717, 1.165) is 0 Å². The van der Waals surface area contributed by atoms with Gasteiger partial charge in [-0.3, -0.25) is 10.7 Å². The number of hydrogen-bond acceptors (Lipinski definition) is 2. The predicted octanol–water partition coefficient (Wildman–Crippen LogP) is 0.492. The van der Waals surface area contributed by atoms with Gasteiger partial charge >= 0.3 is 0 Å². The van der Waals surface area contributed by atoms with Crippen LogP contribution in [0.5, 0.6) is 0 Å². The third-order valence-electron chi connectivity index (χ3n) is 0.722. The normalized spacial score (nSPS) is 7.27. The Morgan fingerprint density at radius 3 is 2.64 bits per heavy atom. The topological polar surface area (TPSA) is 55.8 Å². The van der Waals surface area contributed by atoms with Gasteiger partial charge in [0.2, 0.25) is 11.6 Å². The molecule has 0 aliphatic heterocycles. The number of amides is 1. The summed E-state index contributed by atoms with van der Waals surface area (Å²) in [4.78, 5) is 13.1. The molecule has 56 valence electrons. The molecule has 0 aliphatic rings. The van der Waals surface area contributed by atoms with Crippen LogP contribution in [0.4, 0.5) is 0 Å². The van der Waals surface area contributed by atoms with E-state index in [-0.39, 0.29) is 16.6 Å². The third-order valence-corrected chi connectivity index (χ3v) is 1.02. The highest BCUT2D eigenvalue weighted by Gasteiger charge is 2.02. The van der Waals surface area contributed by atoms with Crippen molar-refractivity contribution < 1.29 is 4.79 Å². The maximum atomic E-state index is 10.4. The molecule has 4 nitrogen and oxygen atoms in total. The summed E-state index contributed by atoms with van der Waals surface area (Å²) in [5.41, 5.74) is -0.268. The largest absolute Gasteiger partial charge is 0.775 e. The molecule has 0 aromatic heterocycles. The van der Waals surface area contributed by atoms with Crippen molar-refractivity contribution in [2.24, 2.45) is 0 Å². The van der Waals surface area contributed by atoms with Crippen molar-refractivity contribution in [2.45, 2.75) is 6.92 Å². The highest BCUT2D eigenvalue weighted by Crippen LogP contribution is 1.91. The van der Waals surface area contributed by atoms with E-state index >= 15 is 0 Å². The van der Waals surface area contributed by atoms with Crippen LogP contribution in [-0.4, -0.2) is 16.8 Å². The van der Waals surface area contributed by atoms with Crippen LogP contribution in [0.2, 0.25) is 0 Å². The first-order valence-electron chi connectivity index (χ1n) is 2.58. The van der Waals surface area contributed by atoms with Gasteiger partial charge in [-0.15, -0.1) is 0 Å². The fourth-order valence-corrected chi connectivity index (χ4v) is 0.581. The molecule has 0 atom stereocenters. The summed E-state index contributed by atoms with van der Waals surface area (Å²) in [6.45, 7) is 7.72. The van der Waals surface area contributed by atoms with E-state index in [1.165, 1.54) is 6.92 Å². The summed E-state index contributed by atoms with van der Waals surface area (Å²) in [6.07, 6.45) is 0. The van der Waals surface area contributed by atoms with Gasteiger partial charge < -0.3 is 10.7 Å². The molecule has 11 heavy (non-hydrogen) atoms. The SMILES string of the molecule is [C-]#[N+]C(=C=[N-])C(=S)NC(C)=O. The molecule has 0 aromatic rings. The highest BCUT2D eigenvalue weighted by atomic mass is 32.1. The number of nitrogens with one attached hydrogen (secondary N) is 1. The zero-order valence-corrected chi connectivity index (χ0v) is 6.53. The second-order valence-electron chi connectivity index (χ2n) is 1.58. The second-order valence-corrected chi connectivity index (χ2v) is 1.99. The van der Waals surface area contributed by atoms with Crippen molar-refractivity contribution in [1.82, 2.24) is 5.32 Å². The van der Waals surface area contributed by atoms with E-state index in [9.17, 15) is 4.79 Å². The minimum absolute atomic E-state index is 0.116. The highest BCUT2D eigenvalue weighted by molar-refractivity contribution is 7.80. The molecule has 0 spiro atoms. The van der Waals surface area contributed by atoms with Crippen LogP contribution in [0, 0.1) is 6.57 Å². The number of carbonyl (C=O) groups excluding carboxylic acids is 1. The van der Waals surface area contributed by atoms with Gasteiger partial charge in [0, 0.05) is 6.92 Å². The average molecular weight is 166 g/mol. The Bertz CT molecular complexity index is 283. The first-order valence-corrected chi connectivity index (χ1v) is 2.99. The lowest BCUT2D eigenvalue weighted by molar-refractivity contribution is -0.117. The zero-order valence-electron chi connectivity index (χ0n) is 5.71. The van der Waals surface area contributed by atoms with Crippen LogP contribution in [-0.2, 0) is 4.79 Å². The smallest absolute Gasteiger partial charge is 0.239 e. The van der Waals surface area contributed by atoms with Crippen molar-refractivity contribution in [3.05, 3.63) is 22.5 Å². The summed E-state index contributed by atoms with van der Waals surface area (Å²) in [5, 5.41) is 10.4. The second kappa shape index (κ2) is 4.34. The van der Waals surface area contributed by atoms with Gasteiger partial charge in [0.25, 0.3) is 0 Å². The molecule has 0 unspecified atom stereocenters. The lowest BCUT2D eigenvalue weighted by Gasteiger charge is -1.99. The minimum atomic E-state index is -0.383. The Hall–Kier alpha value is -1.50. The van der Waals surface area contributed by atoms with Crippen molar-refractivity contribution in [3.8, 4) is 0 Å². The molecule has 1 N–H and O–H groups in total. The van der Waals surface area contributed by atoms with Crippen molar-refractivity contribution in [3.63, 3.8) is 0 Å². The molecule has 0 aliphatic carbocycles. The molecule has 0 bridgehead atoms. The predicted molar refractivity (Wildman–Crippen MR) is 44.9 cm³/mol. The fourth-order valence-electron chi connectivity index (χ4n) is 0.346. The zero-order chi connectivity index (χ0) is 8.85. The third kappa shape index (κ3) is 3.26. The van der Waals surface area contributed by atoms with E-state index in [2.05, 4.69) is 22.4 Å². The molecule has 0 radical (unpaired) electrons. The van der Waals surface area contributed by atoms with Gasteiger partial charge in [0.05, 0.1) is 6.57 Å². The summed E-state index contributed by atoms with van der Waals surface area (Å²) >= 11 is 4.54. The van der Waals surface area contributed by atoms with Crippen molar-refractivity contribution >= 4 is 29.0 Å². The Balaban J connectivity index is 4.40. The minimum Gasteiger partial charge on any atom is -0.775 e. The van der Waals surface area contributed by atoms with Crippen LogP contribution in [0.15, 0.2) is 5.70 Å². The van der Waals surface area contributed by atoms with Gasteiger partial charge in [-0.1, -0.05) is 12.2 Å². The standard InChI is InChI=1S/C6H4N3OS/c1-4(10)9-6(11)5(3-7)8-2/h1H3,(H,9,10,11)/q-1. The molecule has 5 heteroatoms. The van der Waals surface area contributed by atoms with Crippen LogP contribution in [0.25, 0.3) is 10.3 Å². The molecule has 0 fully saturated rings. The van der Waals surface area contributed by atoms with Gasteiger partial charge in [0.1, 0.15) is 4.99 Å². The van der Waals surface area contributed by atoms with E-state index in [1.807, 2.05) is 0 Å². The van der Waals surface area contributed by atoms with Crippen LogP contribution < -0.4 is 5.32 Å². The summed E-state index contributed by atoms with van der Waals surface area (Å²) in [7, 11) is 0. The molecule has 0 aromatic carbocycles. The molecule has 0 heterocycles. The van der Waals surface area contributed by atoms with Crippen molar-refractivity contribution in [1.29, 1.82) is 0 Å². The van der Waals surface area contributed by atoms with Crippen LogP contribution in [0.1, 0.15) is 6.92 Å². The van der Waals surface area contributed by atoms with Gasteiger partial charge in [-0.05, 0) is 0 Å². The Morgan fingerprint density at radius 1 is 1.82 bits per heavy atom. The number of nitrogens with zero attached hydrogens (tertiary/aromatic N) is 2. The van der Waals surface area contributed by atoms with Crippen LogP contribution >= 0.6 is 12.2 Å². The average Bonchev–Trinajstić information content (AvgIpc) is 1.88. The van der Waals surface area contributed by atoms with Crippen molar-refractivity contribution in [2.75, 3.05) is 0 Å². The van der Waals surface area contributed by atoms with E-state index in [4.69, 9.17) is 12.0 Å². The van der Waals surface area contributed by atoms with Gasteiger partial charge in [-0.2, -0.15) is 0 Å². The monoisotopic (exact) mass is 166 g/mol. The number of hydrogen-bond donors (Lipinski definition) is 1. The summed E-state index contributed by atoms with van der Waals surface area (Å²) in [6, 6.07) is 0. The van der Waals surface area contributed by atoms with Gasteiger partial charge in [-0.25, -0.2) is 4.85 Å². The maximum Gasteiger partial charge on any atom is 0.239 e. The quantitative estimate of drug-likeness (QED) is 0.267. The number of thiocarbonyl (C=S) groups is 1. The Labute approximate surface area is 69.2 Å².